The highest BCUT2D eigenvalue weighted by atomic mass is 31.2. The number of benzene rings is 2. The molecule has 9 N–H and O–H groups in total. The minimum absolute atomic E-state index is 0.177. The molecule has 1 aliphatic heterocycles. The van der Waals surface area contributed by atoms with Crippen molar-refractivity contribution in [1.29, 1.82) is 0 Å². The Balaban J connectivity index is 1.81. The lowest BCUT2D eigenvalue weighted by atomic mass is 10.0. The number of hydrogen-bond donors (Lipinski definition) is 8. The van der Waals surface area contributed by atoms with E-state index in [2.05, 4.69) is 16.0 Å². The van der Waals surface area contributed by atoms with Crippen LogP contribution < -0.4 is 21.7 Å². The Hall–Kier alpha value is -3.17. The number of rotatable bonds is 13. The fraction of sp³-hybridized carbons (Fsp3) is 0.400. The van der Waals surface area contributed by atoms with Crippen LogP contribution in [0.4, 0.5) is 17.6 Å². The number of hydrogen-bond acceptors (Lipinski definition) is 6. The predicted molar refractivity (Wildman–Crippen MR) is 146 cm³/mol. The number of primary amides is 1. The van der Waals surface area contributed by atoms with Gasteiger partial charge in [-0.3, -0.25) is 23.5 Å². The summed E-state index contributed by atoms with van der Waals surface area (Å²) in [7, 11) is -11.7. The zero-order valence-corrected chi connectivity index (χ0v) is 24.5. The summed E-state index contributed by atoms with van der Waals surface area (Å²) in [5.74, 6) is -2.53. The van der Waals surface area contributed by atoms with E-state index in [0.29, 0.717) is 19.4 Å². The van der Waals surface area contributed by atoms with Gasteiger partial charge in [-0.2, -0.15) is 17.6 Å². The lowest BCUT2D eigenvalue weighted by Gasteiger charge is -2.24. The maximum Gasteiger partial charge on any atom is 0.399 e. The highest BCUT2D eigenvalue weighted by molar-refractivity contribution is 7.52. The first-order chi connectivity index (χ1) is 20.2. The van der Waals surface area contributed by atoms with Crippen molar-refractivity contribution in [2.75, 3.05) is 6.54 Å². The van der Waals surface area contributed by atoms with Crippen LogP contribution in [0.1, 0.15) is 35.1 Å². The minimum atomic E-state index is -5.83. The van der Waals surface area contributed by atoms with Gasteiger partial charge in [-0.05, 0) is 30.5 Å². The molecule has 2 aromatic carbocycles. The lowest BCUT2D eigenvalue weighted by molar-refractivity contribution is -0.131. The summed E-state index contributed by atoms with van der Waals surface area (Å²) in [6, 6.07) is 3.82. The van der Waals surface area contributed by atoms with Crippen LogP contribution in [0.2, 0.25) is 0 Å². The average Bonchev–Trinajstić information content (AvgIpc) is 3.47. The van der Waals surface area contributed by atoms with Crippen LogP contribution in [0.15, 0.2) is 48.5 Å². The summed E-state index contributed by atoms with van der Waals surface area (Å²) in [6.45, 7) is 0.548. The van der Waals surface area contributed by atoms with E-state index >= 15 is 0 Å². The fourth-order valence-electron chi connectivity index (χ4n) is 4.38. The molecule has 0 spiro atoms. The van der Waals surface area contributed by atoms with Gasteiger partial charge in [0.15, 0.2) is 0 Å². The van der Waals surface area contributed by atoms with Crippen molar-refractivity contribution in [2.24, 2.45) is 5.73 Å². The normalized spacial score (nSPS) is 17.5. The number of halogens is 4. The molecular formula is C25H30F4N4O9P2. The van der Waals surface area contributed by atoms with E-state index in [1.807, 2.05) is 0 Å². The second-order valence-electron chi connectivity index (χ2n) is 10.1. The van der Waals surface area contributed by atoms with Gasteiger partial charge < -0.3 is 41.3 Å². The van der Waals surface area contributed by atoms with Crippen LogP contribution >= 0.6 is 15.2 Å². The van der Waals surface area contributed by atoms with Gasteiger partial charge in [-0.25, -0.2) is 0 Å². The molecular weight excluding hydrogens is 638 g/mol. The fourth-order valence-corrected chi connectivity index (χ4v) is 5.35. The molecule has 2 aromatic rings. The second kappa shape index (κ2) is 13.4. The van der Waals surface area contributed by atoms with Crippen molar-refractivity contribution in [3.05, 3.63) is 70.8 Å². The van der Waals surface area contributed by atoms with E-state index in [1.54, 1.807) is 0 Å². The van der Waals surface area contributed by atoms with Gasteiger partial charge in [0.25, 0.3) is 0 Å². The molecule has 0 radical (unpaired) electrons. The zero-order valence-electron chi connectivity index (χ0n) is 22.7. The summed E-state index contributed by atoms with van der Waals surface area (Å²) < 4.78 is 78.3. The molecule has 242 valence electrons. The molecule has 3 atom stereocenters. The first-order valence-corrected chi connectivity index (χ1v) is 16.2. The first-order valence-electron chi connectivity index (χ1n) is 12.9. The van der Waals surface area contributed by atoms with Gasteiger partial charge in [0.1, 0.15) is 12.1 Å². The Morgan fingerprint density at radius 2 is 1.25 bits per heavy atom. The Morgan fingerprint density at radius 3 is 1.61 bits per heavy atom. The van der Waals surface area contributed by atoms with Crippen molar-refractivity contribution in [3.8, 4) is 0 Å². The molecule has 1 heterocycles. The molecule has 3 rings (SSSR count). The van der Waals surface area contributed by atoms with Crippen molar-refractivity contribution in [1.82, 2.24) is 16.0 Å². The highest BCUT2D eigenvalue weighted by Crippen LogP contribution is 2.60. The largest absolute Gasteiger partial charge is 0.399 e. The monoisotopic (exact) mass is 668 g/mol. The van der Waals surface area contributed by atoms with Gasteiger partial charge in [0.05, 0.1) is 6.04 Å². The van der Waals surface area contributed by atoms with Crippen LogP contribution in [0.5, 0.6) is 0 Å². The number of carbonyl (C=O) groups is 3. The van der Waals surface area contributed by atoms with E-state index in [0.717, 1.165) is 48.5 Å². The van der Waals surface area contributed by atoms with Gasteiger partial charge in [0.2, 0.25) is 17.7 Å². The quantitative estimate of drug-likeness (QED) is 0.112. The summed E-state index contributed by atoms with van der Waals surface area (Å²) in [5, 5.41) is 7.83. The van der Waals surface area contributed by atoms with E-state index in [9.17, 15) is 41.1 Å². The summed E-state index contributed by atoms with van der Waals surface area (Å²) in [6.07, 6.45) is 0.518. The number of nitrogens with one attached hydrogen (secondary N) is 3. The van der Waals surface area contributed by atoms with Gasteiger partial charge in [-0.1, -0.05) is 48.5 Å². The predicted octanol–water partition coefficient (Wildman–Crippen LogP) is 1.13. The van der Waals surface area contributed by atoms with Crippen LogP contribution in [0, 0.1) is 0 Å². The third-order valence-corrected chi connectivity index (χ3v) is 8.86. The topological polar surface area (TPSA) is 228 Å². The lowest BCUT2D eigenvalue weighted by Crippen LogP contribution is -2.56. The maximum absolute atomic E-state index is 14.1. The first kappa shape index (κ1) is 35.3. The summed E-state index contributed by atoms with van der Waals surface area (Å²) in [5.41, 5.74) is -5.09. The molecule has 3 amide bonds. The van der Waals surface area contributed by atoms with E-state index in [-0.39, 0.29) is 24.0 Å². The molecule has 3 unspecified atom stereocenters. The second-order valence-corrected chi connectivity index (χ2v) is 13.4. The molecule has 44 heavy (non-hydrogen) atoms. The van der Waals surface area contributed by atoms with Crippen molar-refractivity contribution < 1.29 is 60.6 Å². The molecule has 1 fully saturated rings. The van der Waals surface area contributed by atoms with Crippen molar-refractivity contribution in [2.45, 2.75) is 55.1 Å². The Labute approximate surface area is 247 Å². The highest BCUT2D eigenvalue weighted by Gasteiger charge is 2.51. The Kier molecular flexibility index (Phi) is 10.8. The number of nitrogens with two attached hydrogens (primary N) is 1. The minimum Gasteiger partial charge on any atom is -0.368 e. The number of carbonyl (C=O) groups excluding carboxylic acids is 3. The molecule has 1 aliphatic rings. The van der Waals surface area contributed by atoms with Crippen LogP contribution in [-0.2, 0) is 47.7 Å². The third kappa shape index (κ3) is 8.30. The smallest absolute Gasteiger partial charge is 0.368 e. The summed E-state index contributed by atoms with van der Waals surface area (Å²) >= 11 is 0. The Bertz CT molecular complexity index is 1460. The van der Waals surface area contributed by atoms with Gasteiger partial charge >= 0.3 is 26.5 Å². The van der Waals surface area contributed by atoms with Gasteiger partial charge in [0, 0.05) is 24.0 Å². The van der Waals surface area contributed by atoms with E-state index in [1.165, 1.54) is 0 Å². The SMILES string of the molecule is NC(=O)C(Cc1ccc(C(F)(F)P(=O)(O)O)cc1)NC(=O)C(Cc1ccc(C(F)(F)P(=O)(O)O)cc1)NC(=O)C1CCCN1. The maximum atomic E-state index is 14.1. The summed E-state index contributed by atoms with van der Waals surface area (Å²) in [4.78, 5) is 74.0. The standard InChI is InChI=1S/C25H30F4N4O9P2/c26-24(27,43(37,38)39)16-7-3-14(4-8-16)12-19(21(30)34)32-23(36)20(33-22(35)18-2-1-11-31-18)13-15-5-9-17(10-6-15)25(28,29)44(40,41)42/h3-10,18-20,31H,1-2,11-13H2,(H2,30,34)(H,32,36)(H,33,35)(H2,37,38,39)(H2,40,41,42). The third-order valence-electron chi connectivity index (χ3n) is 6.88. The molecule has 1 saturated heterocycles. The van der Waals surface area contributed by atoms with Crippen molar-refractivity contribution >= 4 is 32.9 Å². The molecule has 0 aromatic heterocycles. The Morgan fingerprint density at radius 1 is 0.818 bits per heavy atom. The van der Waals surface area contributed by atoms with E-state index in [4.69, 9.17) is 25.3 Å². The molecule has 0 saturated carbocycles. The van der Waals surface area contributed by atoms with E-state index < -0.39 is 73.5 Å². The van der Waals surface area contributed by atoms with Crippen LogP contribution in [-0.4, -0.2) is 62.0 Å². The zero-order chi connectivity index (χ0) is 33.1. The van der Waals surface area contributed by atoms with Gasteiger partial charge in [-0.15, -0.1) is 0 Å². The number of amides is 3. The molecule has 0 bridgehead atoms. The molecule has 13 nitrogen and oxygen atoms in total. The van der Waals surface area contributed by atoms with Crippen LogP contribution in [0.25, 0.3) is 0 Å². The molecule has 19 heteroatoms. The average molecular weight is 668 g/mol. The molecule has 0 aliphatic carbocycles. The van der Waals surface area contributed by atoms with Crippen molar-refractivity contribution in [3.63, 3.8) is 0 Å². The number of alkyl halides is 4. The van der Waals surface area contributed by atoms with Crippen LogP contribution in [0.3, 0.4) is 0 Å².